The number of aliphatic hydroxyl groups excluding tert-OH is 1. The number of aliphatic hydroxyl groups is 1. The molecule has 3 N–H and O–H groups in total. The average Bonchev–Trinajstić information content (AvgIpc) is 2.30. The fraction of sp³-hybridized carbons (Fsp3) is 0.500. The van der Waals surface area contributed by atoms with E-state index in [1.165, 1.54) is 11.8 Å². The molecule has 1 aromatic carbocycles. The summed E-state index contributed by atoms with van der Waals surface area (Å²) in [6, 6.07) is 5.55. The van der Waals surface area contributed by atoms with Gasteiger partial charge in [-0.05, 0) is 25.1 Å². The molecule has 96 valence electrons. The molecule has 0 aliphatic carbocycles. The highest BCUT2D eigenvalue weighted by Crippen LogP contribution is 2.29. The number of methoxy groups -OCH3 is 1. The van der Waals surface area contributed by atoms with Gasteiger partial charge in [-0.2, -0.15) is 0 Å². The fourth-order valence-electron chi connectivity index (χ4n) is 1.32. The lowest BCUT2D eigenvalue weighted by molar-refractivity contribution is 0.0794. The van der Waals surface area contributed by atoms with E-state index in [-0.39, 0.29) is 0 Å². The molecule has 1 atom stereocenters. The second-order valence-corrected chi connectivity index (χ2v) is 4.61. The second-order valence-electron chi connectivity index (χ2n) is 3.55. The number of rotatable bonds is 7. The molecule has 0 saturated heterocycles. The number of hydrogen-bond acceptors (Lipinski definition) is 5. The van der Waals surface area contributed by atoms with Crippen molar-refractivity contribution in [3.63, 3.8) is 0 Å². The van der Waals surface area contributed by atoms with E-state index in [1.807, 2.05) is 25.1 Å². The van der Waals surface area contributed by atoms with E-state index in [9.17, 15) is 5.11 Å². The lowest BCUT2D eigenvalue weighted by Gasteiger charge is -2.11. The van der Waals surface area contributed by atoms with Gasteiger partial charge < -0.3 is 20.3 Å². The predicted molar refractivity (Wildman–Crippen MR) is 70.6 cm³/mol. The summed E-state index contributed by atoms with van der Waals surface area (Å²) in [7, 11) is 1.57. The van der Waals surface area contributed by atoms with Crippen LogP contribution in [0, 0.1) is 0 Å². The SMILES string of the molecule is CCOc1ccc(N)c(SCC(O)COC)c1. The Morgan fingerprint density at radius 3 is 2.88 bits per heavy atom. The first-order chi connectivity index (χ1) is 8.17. The zero-order chi connectivity index (χ0) is 12.7. The molecule has 1 unspecified atom stereocenters. The summed E-state index contributed by atoms with van der Waals surface area (Å²) < 4.78 is 10.3. The Morgan fingerprint density at radius 1 is 1.47 bits per heavy atom. The molecule has 1 rings (SSSR count). The third kappa shape index (κ3) is 4.85. The van der Waals surface area contributed by atoms with E-state index in [0.29, 0.717) is 24.7 Å². The van der Waals surface area contributed by atoms with Crippen molar-refractivity contribution < 1.29 is 14.6 Å². The van der Waals surface area contributed by atoms with E-state index >= 15 is 0 Å². The van der Waals surface area contributed by atoms with Crippen LogP contribution in [0.5, 0.6) is 5.75 Å². The van der Waals surface area contributed by atoms with Crippen LogP contribution in [0.2, 0.25) is 0 Å². The Kier molecular flexibility index (Phi) is 6.18. The lowest BCUT2D eigenvalue weighted by atomic mass is 10.3. The fourth-order valence-corrected chi connectivity index (χ4v) is 2.22. The smallest absolute Gasteiger partial charge is 0.120 e. The van der Waals surface area contributed by atoms with Crippen molar-refractivity contribution in [3.05, 3.63) is 18.2 Å². The third-order valence-electron chi connectivity index (χ3n) is 2.09. The quantitative estimate of drug-likeness (QED) is 0.575. The van der Waals surface area contributed by atoms with Crippen molar-refractivity contribution in [1.82, 2.24) is 0 Å². The molecule has 5 heteroatoms. The van der Waals surface area contributed by atoms with E-state index in [2.05, 4.69) is 0 Å². The van der Waals surface area contributed by atoms with Crippen LogP contribution in [0.3, 0.4) is 0 Å². The molecule has 0 bridgehead atoms. The molecule has 0 heterocycles. The van der Waals surface area contributed by atoms with Gasteiger partial charge in [0.25, 0.3) is 0 Å². The highest BCUT2D eigenvalue weighted by Gasteiger charge is 2.07. The van der Waals surface area contributed by atoms with Crippen molar-refractivity contribution in [3.8, 4) is 5.75 Å². The minimum atomic E-state index is -0.486. The van der Waals surface area contributed by atoms with E-state index in [1.54, 1.807) is 7.11 Å². The maximum Gasteiger partial charge on any atom is 0.120 e. The summed E-state index contributed by atoms with van der Waals surface area (Å²) in [6.07, 6.45) is -0.486. The molecule has 1 aromatic rings. The van der Waals surface area contributed by atoms with Gasteiger partial charge in [-0.15, -0.1) is 11.8 Å². The number of nitrogens with two attached hydrogens (primary N) is 1. The molecule has 4 nitrogen and oxygen atoms in total. The largest absolute Gasteiger partial charge is 0.494 e. The molecule has 0 amide bonds. The predicted octanol–water partition coefficient (Wildman–Crippen LogP) is 1.77. The summed E-state index contributed by atoms with van der Waals surface area (Å²) in [5.41, 5.74) is 6.55. The number of anilines is 1. The number of thioether (sulfide) groups is 1. The zero-order valence-corrected chi connectivity index (χ0v) is 11.0. The number of ether oxygens (including phenoxy) is 2. The zero-order valence-electron chi connectivity index (χ0n) is 10.2. The maximum atomic E-state index is 9.56. The van der Waals surface area contributed by atoms with Crippen molar-refractivity contribution in [2.75, 3.05) is 31.8 Å². The monoisotopic (exact) mass is 257 g/mol. The van der Waals surface area contributed by atoms with Gasteiger partial charge in [0.05, 0.1) is 19.3 Å². The van der Waals surface area contributed by atoms with E-state index < -0.39 is 6.10 Å². The first-order valence-electron chi connectivity index (χ1n) is 5.49. The van der Waals surface area contributed by atoms with Crippen molar-refractivity contribution >= 4 is 17.4 Å². The van der Waals surface area contributed by atoms with Crippen LogP contribution in [0.25, 0.3) is 0 Å². The molecule has 0 aliphatic heterocycles. The normalized spacial score (nSPS) is 12.4. The van der Waals surface area contributed by atoms with E-state index in [0.717, 1.165) is 10.6 Å². The molecular formula is C12H19NO3S. The molecule has 0 radical (unpaired) electrons. The average molecular weight is 257 g/mol. The van der Waals surface area contributed by atoms with Crippen molar-refractivity contribution in [1.29, 1.82) is 0 Å². The molecule has 0 aromatic heterocycles. The molecule has 0 fully saturated rings. The van der Waals surface area contributed by atoms with Gasteiger partial charge >= 0.3 is 0 Å². The van der Waals surface area contributed by atoms with Gasteiger partial charge in [0, 0.05) is 23.4 Å². The van der Waals surface area contributed by atoms with Crippen LogP contribution in [0.1, 0.15) is 6.92 Å². The maximum absolute atomic E-state index is 9.56. The van der Waals surface area contributed by atoms with Gasteiger partial charge in [0.2, 0.25) is 0 Å². The van der Waals surface area contributed by atoms with Gasteiger partial charge in [-0.1, -0.05) is 0 Å². The molecule has 0 aliphatic rings. The van der Waals surface area contributed by atoms with Crippen LogP contribution in [0.15, 0.2) is 23.1 Å². The second kappa shape index (κ2) is 7.42. The Bertz CT molecular complexity index is 347. The molecule has 0 saturated carbocycles. The summed E-state index contributed by atoms with van der Waals surface area (Å²) >= 11 is 1.50. The van der Waals surface area contributed by atoms with Crippen molar-refractivity contribution in [2.24, 2.45) is 0 Å². The van der Waals surface area contributed by atoms with Gasteiger partial charge in [-0.3, -0.25) is 0 Å². The Labute approximate surface area is 106 Å². The molecule has 17 heavy (non-hydrogen) atoms. The first-order valence-corrected chi connectivity index (χ1v) is 6.48. The van der Waals surface area contributed by atoms with Crippen LogP contribution in [-0.2, 0) is 4.74 Å². The third-order valence-corrected chi connectivity index (χ3v) is 3.30. The summed E-state index contributed by atoms with van der Waals surface area (Å²) in [4.78, 5) is 0.922. The van der Waals surface area contributed by atoms with Crippen LogP contribution in [0.4, 0.5) is 5.69 Å². The van der Waals surface area contributed by atoms with Crippen LogP contribution < -0.4 is 10.5 Å². The summed E-state index contributed by atoms with van der Waals surface area (Å²) in [6.45, 7) is 2.89. The number of nitrogen functional groups attached to an aromatic ring is 1. The summed E-state index contributed by atoms with van der Waals surface area (Å²) in [5.74, 6) is 1.35. The Balaban J connectivity index is 2.59. The summed E-state index contributed by atoms with van der Waals surface area (Å²) in [5, 5.41) is 9.56. The van der Waals surface area contributed by atoms with Gasteiger partial charge in [-0.25, -0.2) is 0 Å². The minimum absolute atomic E-state index is 0.331. The Hall–Kier alpha value is -0.910. The standard InChI is InChI=1S/C12H19NO3S/c1-3-16-10-4-5-11(13)12(6-10)17-8-9(14)7-15-2/h4-6,9,14H,3,7-8,13H2,1-2H3. The number of benzene rings is 1. The van der Waals surface area contributed by atoms with Crippen LogP contribution in [-0.4, -0.2) is 37.3 Å². The van der Waals surface area contributed by atoms with Gasteiger partial charge in [0.1, 0.15) is 5.75 Å². The lowest BCUT2D eigenvalue weighted by Crippen LogP contribution is -2.16. The minimum Gasteiger partial charge on any atom is -0.494 e. The highest BCUT2D eigenvalue weighted by atomic mass is 32.2. The van der Waals surface area contributed by atoms with E-state index in [4.69, 9.17) is 15.2 Å². The first kappa shape index (κ1) is 14.2. The topological polar surface area (TPSA) is 64.7 Å². The van der Waals surface area contributed by atoms with Crippen molar-refractivity contribution in [2.45, 2.75) is 17.9 Å². The molecular weight excluding hydrogens is 238 g/mol. The Morgan fingerprint density at radius 2 is 2.24 bits per heavy atom. The molecule has 0 spiro atoms. The number of hydrogen-bond donors (Lipinski definition) is 2. The van der Waals surface area contributed by atoms with Gasteiger partial charge in [0.15, 0.2) is 0 Å². The van der Waals surface area contributed by atoms with Crippen LogP contribution >= 0.6 is 11.8 Å². The highest BCUT2D eigenvalue weighted by molar-refractivity contribution is 7.99.